The second-order valence-corrected chi connectivity index (χ2v) is 27.5. The van der Waals surface area contributed by atoms with E-state index in [1.165, 1.54) is 188 Å². The summed E-state index contributed by atoms with van der Waals surface area (Å²) in [4.78, 5) is 5.11. The highest BCUT2D eigenvalue weighted by molar-refractivity contribution is 6.23. The summed E-state index contributed by atoms with van der Waals surface area (Å²) in [6.07, 6.45) is 4.64. The van der Waals surface area contributed by atoms with Crippen LogP contribution in [-0.2, 0) is 10.8 Å². The van der Waals surface area contributed by atoms with Crippen LogP contribution in [-0.4, -0.2) is 0 Å². The van der Waals surface area contributed by atoms with Crippen molar-refractivity contribution in [2.45, 2.75) is 38.5 Å². The minimum atomic E-state index is -0.273. The highest BCUT2D eigenvalue weighted by Crippen LogP contribution is 2.58. The van der Waals surface area contributed by atoms with Gasteiger partial charge in [-0.2, -0.15) is 0 Å². The molecule has 16 aromatic rings. The highest BCUT2D eigenvalue weighted by Gasteiger charge is 2.39. The Hall–Kier alpha value is -11.6. The lowest BCUT2D eigenvalue weighted by Gasteiger charge is -2.30. The Morgan fingerprint density at radius 2 is 0.532 bits per heavy atom. The second-order valence-electron chi connectivity index (χ2n) is 27.5. The van der Waals surface area contributed by atoms with Gasteiger partial charge in [0, 0.05) is 43.7 Å². The Bertz CT molecular complexity index is 5640. The molecule has 4 aliphatic carbocycles. The molecule has 0 radical (unpaired) electrons. The summed E-state index contributed by atoms with van der Waals surface area (Å²) in [6, 6.07) is 110. The SMILES string of the molecule is CC1(C)c2cc(C=Cc3ccc4c(c3)C(C)(C)c3cc(N(c5ccc6c7c(cccc57)-c5ccccc5-6)c5cc6ccccc6c6ccccc56)ccc3-4)ccc2-c2ccc(N(c3ccc4c5c(cccc35)-c3ccccc3-4)c3cc4ccccc4c4ccccc34)cc21. The molecule has 2 nitrogen and oxygen atoms in total. The molecular weight excluding hydrogens is 1130 g/mol. The first-order valence-corrected chi connectivity index (χ1v) is 33.1. The third kappa shape index (κ3) is 7.42. The molecule has 94 heavy (non-hydrogen) atoms. The Morgan fingerprint density at radius 3 is 0.947 bits per heavy atom. The van der Waals surface area contributed by atoms with Crippen LogP contribution in [0.3, 0.4) is 0 Å². The second kappa shape index (κ2) is 19.5. The molecular formula is C92H62N2. The summed E-state index contributed by atoms with van der Waals surface area (Å²) in [6.45, 7) is 9.67. The van der Waals surface area contributed by atoms with Crippen molar-refractivity contribution in [3.63, 3.8) is 0 Å². The van der Waals surface area contributed by atoms with Crippen LogP contribution in [0.1, 0.15) is 61.1 Å². The number of anilines is 6. The van der Waals surface area contributed by atoms with Crippen molar-refractivity contribution >= 4 is 111 Å². The molecule has 0 aromatic heterocycles. The van der Waals surface area contributed by atoms with E-state index in [4.69, 9.17) is 0 Å². The Morgan fingerprint density at radius 1 is 0.223 bits per heavy atom. The van der Waals surface area contributed by atoms with Crippen LogP contribution in [0.2, 0.25) is 0 Å². The van der Waals surface area contributed by atoms with Gasteiger partial charge in [0.25, 0.3) is 0 Å². The summed E-state index contributed by atoms with van der Waals surface area (Å²) < 4.78 is 0. The maximum atomic E-state index is 2.56. The van der Waals surface area contributed by atoms with Crippen molar-refractivity contribution in [2.75, 3.05) is 9.80 Å². The fourth-order valence-corrected chi connectivity index (χ4v) is 17.4. The molecule has 4 aliphatic rings. The third-order valence-electron chi connectivity index (χ3n) is 21.9. The first-order chi connectivity index (χ1) is 46.1. The zero-order chi connectivity index (χ0) is 62.3. The summed E-state index contributed by atoms with van der Waals surface area (Å²) in [7, 11) is 0. The van der Waals surface area contributed by atoms with E-state index in [0.29, 0.717) is 0 Å². The summed E-state index contributed by atoms with van der Waals surface area (Å²) in [5.74, 6) is 0. The quantitative estimate of drug-likeness (QED) is 0.111. The Labute approximate surface area is 547 Å². The Kier molecular flexibility index (Phi) is 11.0. The topological polar surface area (TPSA) is 6.48 Å². The first-order valence-electron chi connectivity index (χ1n) is 33.1. The average Bonchev–Trinajstić information content (AvgIpc) is 1.45. The monoisotopic (exact) mass is 1190 g/mol. The number of hydrogen-bond donors (Lipinski definition) is 0. The summed E-state index contributed by atoms with van der Waals surface area (Å²) >= 11 is 0. The summed E-state index contributed by atoms with van der Waals surface area (Å²) in [5.41, 5.74) is 29.8. The van der Waals surface area contributed by atoms with Crippen LogP contribution < -0.4 is 9.80 Å². The maximum Gasteiger partial charge on any atom is 0.0546 e. The minimum absolute atomic E-state index is 0.273. The average molecular weight is 1200 g/mol. The van der Waals surface area contributed by atoms with Gasteiger partial charge in [-0.05, 0) is 192 Å². The van der Waals surface area contributed by atoms with Gasteiger partial charge < -0.3 is 9.80 Å². The van der Waals surface area contributed by atoms with Crippen molar-refractivity contribution in [3.05, 3.63) is 325 Å². The molecule has 0 fully saturated rings. The van der Waals surface area contributed by atoms with E-state index in [9.17, 15) is 0 Å². The van der Waals surface area contributed by atoms with Crippen LogP contribution in [0.4, 0.5) is 34.1 Å². The molecule has 0 saturated carbocycles. The van der Waals surface area contributed by atoms with Crippen LogP contribution in [0.5, 0.6) is 0 Å². The molecule has 0 N–H and O–H groups in total. The molecule has 0 spiro atoms. The molecule has 0 unspecified atom stereocenters. The standard InChI is InChI=1S/C92H62N2/c1-91(2)81-49-55(37-41-69(81)71-43-39-59(53-83(71)91)93(87-51-57-19-5-7-21-61(57)63-23-13-15-29-73(63)87)85-47-45-77-67-27-11-9-25-65(67)75-31-17-33-79(85)89(75)77)35-36-56-38-42-70-72-44-40-60(54-84(72)92(3,4)82(70)50-56)94(88-52-58-20-6-8-22-62(58)64-24-14-16-30-74(64)88)86-48-46-78-68-28-12-10-26-66(68)76-32-18-34-80(86)90(76)78/h5-54H,1-4H3. The molecule has 16 aromatic carbocycles. The van der Waals surface area contributed by atoms with E-state index in [0.717, 1.165) is 11.4 Å². The van der Waals surface area contributed by atoms with E-state index < -0.39 is 0 Å². The van der Waals surface area contributed by atoms with Gasteiger partial charge in [0.1, 0.15) is 0 Å². The van der Waals surface area contributed by atoms with Crippen LogP contribution in [0.25, 0.3) is 144 Å². The van der Waals surface area contributed by atoms with Gasteiger partial charge in [0.15, 0.2) is 0 Å². The van der Waals surface area contributed by atoms with Crippen molar-refractivity contribution in [3.8, 4) is 66.8 Å². The van der Waals surface area contributed by atoms with Gasteiger partial charge in [0.2, 0.25) is 0 Å². The third-order valence-corrected chi connectivity index (χ3v) is 21.9. The number of hydrogen-bond acceptors (Lipinski definition) is 2. The normalized spacial score (nSPS) is 13.9. The molecule has 20 rings (SSSR count). The first kappa shape index (κ1) is 53.1. The lowest BCUT2D eigenvalue weighted by molar-refractivity contribution is 0.660. The van der Waals surface area contributed by atoms with Gasteiger partial charge in [-0.1, -0.05) is 283 Å². The van der Waals surface area contributed by atoms with E-state index in [-0.39, 0.29) is 10.8 Å². The highest BCUT2D eigenvalue weighted by atomic mass is 15.2. The van der Waals surface area contributed by atoms with Crippen molar-refractivity contribution in [2.24, 2.45) is 0 Å². The van der Waals surface area contributed by atoms with Crippen LogP contribution >= 0.6 is 0 Å². The van der Waals surface area contributed by atoms with E-state index in [1.54, 1.807) is 0 Å². The predicted octanol–water partition coefficient (Wildman–Crippen LogP) is 25.6. The van der Waals surface area contributed by atoms with Gasteiger partial charge in [-0.15, -0.1) is 0 Å². The van der Waals surface area contributed by atoms with Crippen LogP contribution in [0, 0.1) is 0 Å². The van der Waals surface area contributed by atoms with Gasteiger partial charge >= 0.3 is 0 Å². The number of benzene rings is 16. The molecule has 440 valence electrons. The molecule has 2 heteroatoms. The number of nitrogens with zero attached hydrogens (tertiary/aromatic N) is 2. The van der Waals surface area contributed by atoms with E-state index in [1.807, 2.05) is 0 Å². The minimum Gasteiger partial charge on any atom is -0.309 e. The number of fused-ring (bicyclic) bond motifs is 18. The molecule has 0 saturated heterocycles. The van der Waals surface area contributed by atoms with Crippen molar-refractivity contribution < 1.29 is 0 Å². The van der Waals surface area contributed by atoms with E-state index >= 15 is 0 Å². The Balaban J connectivity index is 0.658. The maximum absolute atomic E-state index is 2.56. The lowest BCUT2D eigenvalue weighted by atomic mass is 9.81. The molecule has 0 heterocycles. The number of rotatable bonds is 8. The zero-order valence-electron chi connectivity index (χ0n) is 52.8. The van der Waals surface area contributed by atoms with Crippen LogP contribution in [0.15, 0.2) is 291 Å². The lowest BCUT2D eigenvalue weighted by Crippen LogP contribution is -2.17. The van der Waals surface area contributed by atoms with E-state index in [2.05, 4.69) is 341 Å². The molecule has 0 atom stereocenters. The summed E-state index contributed by atoms with van der Waals surface area (Å²) in [5, 5.41) is 15.1. The van der Waals surface area contributed by atoms with Gasteiger partial charge in [-0.25, -0.2) is 0 Å². The largest absolute Gasteiger partial charge is 0.309 e. The predicted molar refractivity (Wildman–Crippen MR) is 400 cm³/mol. The molecule has 0 amide bonds. The molecule has 0 aliphatic heterocycles. The fraction of sp³-hybridized carbons (Fsp3) is 0.0652. The molecule has 0 bridgehead atoms. The van der Waals surface area contributed by atoms with Crippen molar-refractivity contribution in [1.29, 1.82) is 0 Å². The fourth-order valence-electron chi connectivity index (χ4n) is 17.4. The smallest absolute Gasteiger partial charge is 0.0546 e. The van der Waals surface area contributed by atoms with Gasteiger partial charge in [-0.3, -0.25) is 0 Å². The van der Waals surface area contributed by atoms with Gasteiger partial charge in [0.05, 0.1) is 22.7 Å². The zero-order valence-corrected chi connectivity index (χ0v) is 52.8. The van der Waals surface area contributed by atoms with Crippen molar-refractivity contribution in [1.82, 2.24) is 0 Å².